The molecule has 0 radical (unpaired) electrons. The molecule has 1 heterocycles. The summed E-state index contributed by atoms with van der Waals surface area (Å²) in [6, 6.07) is 3.22. The van der Waals surface area contributed by atoms with Crippen LogP contribution >= 0.6 is 0 Å². The normalized spacial score (nSPS) is 20.9. The zero-order valence-electron chi connectivity index (χ0n) is 27.9. The Morgan fingerprint density at radius 2 is 1.74 bits per heavy atom. The van der Waals surface area contributed by atoms with Gasteiger partial charge in [-0.2, -0.15) is 13.2 Å². The third kappa shape index (κ3) is 12.9. The standard InChI is InChI=1S/C33H41F3N2O12/c1-18(40)27(30(44)37-22(15-39)10-12-26(42)50-32(2,3)4)38-29(43)21-13-23-28(48-17-47-23)24(14-21)49-31(45)20-8-5-19(6-9-20)7-11-25(41)46-16-33(34,35)36/h5-9,11,13,18,22-24,27-28,39-40H,10,12,14-17H2,1-4H3,(H,37,44)(H,38,43). The van der Waals surface area contributed by atoms with E-state index in [0.717, 1.165) is 6.08 Å². The summed E-state index contributed by atoms with van der Waals surface area (Å²) < 4.78 is 62.7. The van der Waals surface area contributed by atoms with Gasteiger partial charge in [0.15, 0.2) is 6.61 Å². The first kappa shape index (κ1) is 40.1. The van der Waals surface area contributed by atoms with Gasteiger partial charge in [-0.25, -0.2) is 9.59 Å². The topological polar surface area (TPSA) is 196 Å². The second-order valence-electron chi connectivity index (χ2n) is 12.6. The number of aliphatic hydroxyl groups is 2. The van der Waals surface area contributed by atoms with Crippen molar-refractivity contribution in [3.8, 4) is 0 Å². The molecule has 276 valence electrons. The zero-order valence-corrected chi connectivity index (χ0v) is 27.9. The molecule has 0 bridgehead atoms. The van der Waals surface area contributed by atoms with Crippen LogP contribution in [0.1, 0.15) is 62.9 Å². The molecule has 3 rings (SSSR count). The number of benzene rings is 1. The summed E-state index contributed by atoms with van der Waals surface area (Å²) in [5, 5.41) is 25.1. The van der Waals surface area contributed by atoms with Crippen LogP contribution in [-0.2, 0) is 42.9 Å². The van der Waals surface area contributed by atoms with Crippen molar-refractivity contribution in [1.29, 1.82) is 0 Å². The van der Waals surface area contributed by atoms with Gasteiger partial charge in [-0.15, -0.1) is 0 Å². The Kier molecular flexibility index (Phi) is 14.1. The van der Waals surface area contributed by atoms with E-state index in [0.29, 0.717) is 5.56 Å². The number of carbonyl (C=O) groups is 5. The average Bonchev–Trinajstić information content (AvgIpc) is 3.51. The molecule has 6 unspecified atom stereocenters. The largest absolute Gasteiger partial charge is 0.460 e. The molecular weight excluding hydrogens is 673 g/mol. The lowest BCUT2D eigenvalue weighted by molar-refractivity contribution is -0.182. The van der Waals surface area contributed by atoms with E-state index in [4.69, 9.17) is 18.9 Å². The predicted molar refractivity (Wildman–Crippen MR) is 167 cm³/mol. The second-order valence-corrected chi connectivity index (χ2v) is 12.6. The molecular formula is C33H41F3N2O12. The van der Waals surface area contributed by atoms with E-state index < -0.39 is 91.2 Å². The van der Waals surface area contributed by atoms with Gasteiger partial charge in [0, 0.05) is 24.5 Å². The average molecular weight is 715 g/mol. The van der Waals surface area contributed by atoms with Crippen molar-refractivity contribution in [3.63, 3.8) is 0 Å². The number of carbonyl (C=O) groups excluding carboxylic acids is 5. The minimum Gasteiger partial charge on any atom is -0.460 e. The van der Waals surface area contributed by atoms with E-state index in [1.54, 1.807) is 20.8 Å². The Morgan fingerprint density at radius 3 is 2.34 bits per heavy atom. The Balaban J connectivity index is 1.61. The Bertz CT molecular complexity index is 1440. The first-order chi connectivity index (χ1) is 23.3. The lowest BCUT2D eigenvalue weighted by Gasteiger charge is -2.31. The van der Waals surface area contributed by atoms with E-state index >= 15 is 0 Å². The molecule has 14 nitrogen and oxygen atoms in total. The summed E-state index contributed by atoms with van der Waals surface area (Å²) in [6.07, 6.45) is -5.31. The number of hydrogen-bond donors (Lipinski definition) is 4. The zero-order chi connectivity index (χ0) is 37.2. The SMILES string of the molecule is CC(O)C(NC(=O)C1=CC2OCOC2C(OC(=O)c2ccc(C=CC(=O)OCC(F)(F)F)cc2)C1)C(=O)NC(CO)CCC(=O)OC(C)(C)C. The maximum atomic E-state index is 13.3. The van der Waals surface area contributed by atoms with Crippen LogP contribution in [0.5, 0.6) is 0 Å². The maximum absolute atomic E-state index is 13.3. The first-order valence-corrected chi connectivity index (χ1v) is 15.6. The van der Waals surface area contributed by atoms with Gasteiger partial charge in [0.05, 0.1) is 24.3 Å². The molecule has 1 aromatic rings. The van der Waals surface area contributed by atoms with Crippen LogP contribution in [0, 0.1) is 0 Å². The van der Waals surface area contributed by atoms with E-state index in [9.17, 15) is 47.4 Å². The van der Waals surface area contributed by atoms with E-state index in [1.807, 2.05) is 0 Å². The highest BCUT2D eigenvalue weighted by Crippen LogP contribution is 2.31. The van der Waals surface area contributed by atoms with E-state index in [-0.39, 0.29) is 37.2 Å². The summed E-state index contributed by atoms with van der Waals surface area (Å²) in [5.74, 6) is -4.10. The van der Waals surface area contributed by atoms with Gasteiger partial charge in [-0.1, -0.05) is 12.1 Å². The lowest BCUT2D eigenvalue weighted by atomic mass is 9.91. The van der Waals surface area contributed by atoms with Crippen molar-refractivity contribution in [2.75, 3.05) is 20.0 Å². The van der Waals surface area contributed by atoms with Crippen LogP contribution in [0.15, 0.2) is 42.0 Å². The maximum Gasteiger partial charge on any atom is 0.422 e. The van der Waals surface area contributed by atoms with Crippen LogP contribution in [-0.4, -0.2) is 108 Å². The van der Waals surface area contributed by atoms with Gasteiger partial charge in [0.1, 0.15) is 36.7 Å². The van der Waals surface area contributed by atoms with Crippen molar-refractivity contribution in [3.05, 3.63) is 53.1 Å². The minimum absolute atomic E-state index is 0.0374. The number of nitrogens with one attached hydrogen (secondary N) is 2. The molecule has 1 fully saturated rings. The lowest BCUT2D eigenvalue weighted by Crippen LogP contribution is -2.55. The number of ether oxygens (including phenoxy) is 5. The van der Waals surface area contributed by atoms with Gasteiger partial charge >= 0.3 is 24.1 Å². The number of alkyl halides is 3. The highest BCUT2D eigenvalue weighted by atomic mass is 19.4. The van der Waals surface area contributed by atoms with Crippen molar-refractivity contribution in [1.82, 2.24) is 10.6 Å². The van der Waals surface area contributed by atoms with E-state index in [1.165, 1.54) is 43.3 Å². The Labute approximate surface area is 285 Å². The van der Waals surface area contributed by atoms with Crippen LogP contribution in [0.25, 0.3) is 6.08 Å². The fourth-order valence-electron chi connectivity index (χ4n) is 4.85. The third-order valence-corrected chi connectivity index (χ3v) is 7.22. The van der Waals surface area contributed by atoms with Gasteiger partial charge in [-0.05, 0) is 64.0 Å². The molecule has 2 aliphatic rings. The number of rotatable bonds is 14. The van der Waals surface area contributed by atoms with Gasteiger partial charge in [0.2, 0.25) is 11.8 Å². The molecule has 0 aromatic heterocycles. The third-order valence-electron chi connectivity index (χ3n) is 7.22. The van der Waals surface area contributed by atoms with E-state index in [2.05, 4.69) is 15.4 Å². The Morgan fingerprint density at radius 1 is 1.06 bits per heavy atom. The predicted octanol–water partition coefficient (Wildman–Crippen LogP) is 1.87. The summed E-state index contributed by atoms with van der Waals surface area (Å²) in [4.78, 5) is 62.9. The van der Waals surface area contributed by atoms with Crippen molar-refractivity contribution < 1.29 is 71.0 Å². The van der Waals surface area contributed by atoms with Crippen LogP contribution in [0.2, 0.25) is 0 Å². The quantitative estimate of drug-likeness (QED) is 0.124. The van der Waals surface area contributed by atoms with Crippen LogP contribution in [0.4, 0.5) is 13.2 Å². The van der Waals surface area contributed by atoms with Crippen LogP contribution < -0.4 is 10.6 Å². The molecule has 0 saturated carbocycles. The number of aliphatic hydroxyl groups excluding tert-OH is 2. The number of halogens is 3. The molecule has 17 heteroatoms. The first-order valence-electron chi connectivity index (χ1n) is 15.6. The summed E-state index contributed by atoms with van der Waals surface area (Å²) >= 11 is 0. The molecule has 1 aromatic carbocycles. The second kappa shape index (κ2) is 17.6. The monoisotopic (exact) mass is 714 g/mol. The summed E-state index contributed by atoms with van der Waals surface area (Å²) in [6.45, 7) is 3.99. The highest BCUT2D eigenvalue weighted by Gasteiger charge is 2.43. The number of hydrogen-bond acceptors (Lipinski definition) is 12. The molecule has 4 N–H and O–H groups in total. The fourth-order valence-corrected chi connectivity index (χ4v) is 4.85. The number of amides is 2. The fraction of sp³-hybridized carbons (Fsp3) is 0.545. The van der Waals surface area contributed by atoms with Gasteiger partial charge in [0.25, 0.3) is 0 Å². The van der Waals surface area contributed by atoms with Crippen LogP contribution in [0.3, 0.4) is 0 Å². The molecule has 6 atom stereocenters. The minimum atomic E-state index is -4.66. The molecule has 0 spiro atoms. The molecule has 2 amide bonds. The summed E-state index contributed by atoms with van der Waals surface area (Å²) in [5.41, 5.74) is -0.179. The van der Waals surface area contributed by atoms with Crippen molar-refractivity contribution in [2.45, 2.75) is 95.2 Å². The number of esters is 3. The molecule has 1 saturated heterocycles. The van der Waals surface area contributed by atoms with Gasteiger partial charge < -0.3 is 44.5 Å². The molecule has 1 aliphatic heterocycles. The summed E-state index contributed by atoms with van der Waals surface area (Å²) in [7, 11) is 0. The van der Waals surface area contributed by atoms with Crippen molar-refractivity contribution >= 4 is 35.8 Å². The van der Waals surface area contributed by atoms with Crippen molar-refractivity contribution in [2.24, 2.45) is 0 Å². The highest BCUT2D eigenvalue weighted by molar-refractivity contribution is 5.98. The molecule has 50 heavy (non-hydrogen) atoms. The number of fused-ring (bicyclic) bond motifs is 1. The van der Waals surface area contributed by atoms with Gasteiger partial charge in [-0.3, -0.25) is 14.4 Å². The smallest absolute Gasteiger partial charge is 0.422 e. The molecule has 1 aliphatic carbocycles. The Hall–Kier alpha value is -4.32.